The van der Waals surface area contributed by atoms with E-state index in [9.17, 15) is 0 Å². The molecule has 0 saturated heterocycles. The van der Waals surface area contributed by atoms with E-state index in [1.54, 1.807) is 0 Å². The Balaban J connectivity index is 0.00000161. The van der Waals surface area contributed by atoms with Crippen molar-refractivity contribution in [2.45, 2.75) is 13.8 Å². The summed E-state index contributed by atoms with van der Waals surface area (Å²) in [6.45, 7) is 4.29. The molecule has 101 valence electrons. The second kappa shape index (κ2) is 7.16. The monoisotopic (exact) mass is 346 g/mol. The summed E-state index contributed by atoms with van der Waals surface area (Å²) in [5.74, 6) is 0. The molecule has 0 bridgehead atoms. The van der Waals surface area contributed by atoms with Gasteiger partial charge >= 0.3 is 0 Å². The van der Waals surface area contributed by atoms with Crippen LogP contribution in [-0.2, 0) is 32.7 Å². The van der Waals surface area contributed by atoms with Gasteiger partial charge < -0.3 is 0 Å². The Bertz CT molecular complexity index is 713. The Kier molecular flexibility index (Phi) is 5.50. The third kappa shape index (κ3) is 3.70. The van der Waals surface area contributed by atoms with Crippen molar-refractivity contribution in [3.05, 3.63) is 83.9 Å². The maximum Gasteiger partial charge on any atom is 0 e. The Morgan fingerprint density at radius 3 is 1.90 bits per heavy atom. The van der Waals surface area contributed by atoms with Crippen LogP contribution in [0.25, 0.3) is 22.3 Å². The molecular formula is C20H17Y-. The third-order valence-corrected chi connectivity index (χ3v) is 3.64. The van der Waals surface area contributed by atoms with Gasteiger partial charge in [0.05, 0.1) is 0 Å². The van der Waals surface area contributed by atoms with Gasteiger partial charge in [-0.25, -0.2) is 0 Å². The van der Waals surface area contributed by atoms with E-state index in [4.69, 9.17) is 0 Å². The minimum Gasteiger partial charge on any atom is -0.184 e. The second-order valence-electron chi connectivity index (χ2n) is 5.18. The summed E-state index contributed by atoms with van der Waals surface area (Å²) in [5.41, 5.74) is 7.67. The number of hydrogen-bond acceptors (Lipinski definition) is 0. The van der Waals surface area contributed by atoms with Gasteiger partial charge in [0.15, 0.2) is 0 Å². The molecule has 21 heavy (non-hydrogen) atoms. The average molecular weight is 346 g/mol. The van der Waals surface area contributed by atoms with E-state index in [1.807, 2.05) is 12.1 Å². The van der Waals surface area contributed by atoms with Gasteiger partial charge in [0, 0.05) is 32.7 Å². The van der Waals surface area contributed by atoms with Crippen LogP contribution in [0.1, 0.15) is 11.1 Å². The summed E-state index contributed by atoms with van der Waals surface area (Å²) >= 11 is 0. The van der Waals surface area contributed by atoms with Crippen molar-refractivity contribution in [3.8, 4) is 22.3 Å². The zero-order chi connectivity index (χ0) is 13.9. The predicted octanol–water partition coefficient (Wildman–Crippen LogP) is 5.44. The topological polar surface area (TPSA) is 0 Å². The Morgan fingerprint density at radius 1 is 0.667 bits per heavy atom. The molecule has 3 aromatic carbocycles. The van der Waals surface area contributed by atoms with Crippen molar-refractivity contribution < 1.29 is 32.7 Å². The molecule has 0 unspecified atom stereocenters. The van der Waals surface area contributed by atoms with Gasteiger partial charge in [0.1, 0.15) is 0 Å². The maximum atomic E-state index is 3.06. The van der Waals surface area contributed by atoms with Crippen LogP contribution in [0.15, 0.2) is 66.7 Å². The molecule has 0 saturated carbocycles. The fourth-order valence-electron chi connectivity index (χ4n) is 2.48. The normalized spacial score (nSPS) is 10.0. The van der Waals surface area contributed by atoms with E-state index in [-0.39, 0.29) is 32.7 Å². The first-order chi connectivity index (χ1) is 9.74. The smallest absolute Gasteiger partial charge is 0 e. The first kappa shape index (κ1) is 16.1. The molecule has 0 amide bonds. The van der Waals surface area contributed by atoms with Crippen LogP contribution in [0.4, 0.5) is 0 Å². The SMILES string of the molecule is Cc1ccc(-c2ccc(-c3cc[c-]cc3)c(C)c2)cc1.[Y]. The zero-order valence-electron chi connectivity index (χ0n) is 12.4. The molecule has 0 aliphatic carbocycles. The first-order valence-corrected chi connectivity index (χ1v) is 6.88. The summed E-state index contributed by atoms with van der Waals surface area (Å²) in [4.78, 5) is 0. The summed E-state index contributed by atoms with van der Waals surface area (Å²) in [5, 5.41) is 0. The van der Waals surface area contributed by atoms with Gasteiger partial charge in [-0.3, -0.25) is 0 Å². The van der Waals surface area contributed by atoms with E-state index in [0.29, 0.717) is 0 Å². The summed E-state index contributed by atoms with van der Waals surface area (Å²) in [6, 6.07) is 26.5. The zero-order valence-corrected chi connectivity index (χ0v) is 15.3. The van der Waals surface area contributed by atoms with Crippen LogP contribution in [0.3, 0.4) is 0 Å². The predicted molar refractivity (Wildman–Crippen MR) is 85.6 cm³/mol. The van der Waals surface area contributed by atoms with Crippen molar-refractivity contribution in [1.29, 1.82) is 0 Å². The molecule has 1 heteroatoms. The van der Waals surface area contributed by atoms with Crippen molar-refractivity contribution in [3.63, 3.8) is 0 Å². The van der Waals surface area contributed by atoms with Crippen molar-refractivity contribution in [1.82, 2.24) is 0 Å². The van der Waals surface area contributed by atoms with Gasteiger partial charge in [-0.05, 0) is 36.1 Å². The van der Waals surface area contributed by atoms with Crippen molar-refractivity contribution in [2.75, 3.05) is 0 Å². The molecular weight excluding hydrogens is 329 g/mol. The average Bonchev–Trinajstić information content (AvgIpc) is 2.49. The molecule has 0 heterocycles. The fourth-order valence-corrected chi connectivity index (χ4v) is 2.48. The standard InChI is InChI=1S/C20H17.Y/c1-15-8-10-17(11-9-15)19-12-13-20(16(2)14-19)18-6-4-3-5-7-18;/h4-14H,1-2H3;/q-1;. The van der Waals surface area contributed by atoms with Gasteiger partial charge in [-0.2, -0.15) is 30.3 Å². The molecule has 0 fully saturated rings. The molecule has 3 rings (SSSR count). The number of benzene rings is 3. The molecule has 1 radical (unpaired) electrons. The fraction of sp³-hybridized carbons (Fsp3) is 0.100. The van der Waals surface area contributed by atoms with Crippen LogP contribution >= 0.6 is 0 Å². The van der Waals surface area contributed by atoms with Crippen LogP contribution < -0.4 is 0 Å². The Labute approximate surface area is 152 Å². The summed E-state index contributed by atoms with van der Waals surface area (Å²) in [6.07, 6.45) is 0. The molecule has 0 spiro atoms. The van der Waals surface area contributed by atoms with Gasteiger partial charge in [-0.1, -0.05) is 48.0 Å². The molecule has 0 nitrogen and oxygen atoms in total. The summed E-state index contributed by atoms with van der Waals surface area (Å²) in [7, 11) is 0. The minimum absolute atomic E-state index is 0. The minimum atomic E-state index is 0. The van der Waals surface area contributed by atoms with E-state index >= 15 is 0 Å². The molecule has 0 atom stereocenters. The van der Waals surface area contributed by atoms with Gasteiger partial charge in [0.25, 0.3) is 0 Å². The van der Waals surface area contributed by atoms with Crippen LogP contribution in [0.5, 0.6) is 0 Å². The number of hydrogen-bond donors (Lipinski definition) is 0. The van der Waals surface area contributed by atoms with Crippen molar-refractivity contribution in [2.24, 2.45) is 0 Å². The molecule has 0 aromatic heterocycles. The van der Waals surface area contributed by atoms with Crippen molar-refractivity contribution >= 4 is 0 Å². The maximum absolute atomic E-state index is 3.06. The van der Waals surface area contributed by atoms with Crippen LogP contribution in [0.2, 0.25) is 0 Å². The number of rotatable bonds is 2. The molecule has 3 aromatic rings. The Hall–Kier alpha value is -1.24. The Morgan fingerprint density at radius 2 is 1.29 bits per heavy atom. The molecule has 0 aliphatic heterocycles. The first-order valence-electron chi connectivity index (χ1n) is 6.88. The molecule has 0 aliphatic rings. The van der Waals surface area contributed by atoms with E-state index in [2.05, 4.69) is 74.5 Å². The van der Waals surface area contributed by atoms with Crippen LogP contribution in [-0.4, -0.2) is 0 Å². The van der Waals surface area contributed by atoms with Gasteiger partial charge in [0.2, 0.25) is 0 Å². The second-order valence-corrected chi connectivity index (χ2v) is 5.18. The van der Waals surface area contributed by atoms with Gasteiger partial charge in [-0.15, -0.1) is 5.56 Å². The van der Waals surface area contributed by atoms with E-state index < -0.39 is 0 Å². The molecule has 0 N–H and O–H groups in total. The quantitative estimate of drug-likeness (QED) is 0.543. The number of aryl methyl sites for hydroxylation is 2. The van der Waals surface area contributed by atoms with E-state index in [1.165, 1.54) is 33.4 Å². The largest absolute Gasteiger partial charge is 0.184 e. The van der Waals surface area contributed by atoms with Crippen LogP contribution in [0, 0.1) is 19.9 Å². The van der Waals surface area contributed by atoms with E-state index in [0.717, 1.165) is 0 Å². The summed E-state index contributed by atoms with van der Waals surface area (Å²) < 4.78 is 0. The third-order valence-electron chi connectivity index (χ3n) is 3.64.